The van der Waals surface area contributed by atoms with Crippen molar-refractivity contribution < 1.29 is 14.6 Å². The van der Waals surface area contributed by atoms with E-state index in [1.165, 1.54) is 6.42 Å². The molecule has 0 amide bonds. The Labute approximate surface area is 129 Å². The molecule has 2 saturated heterocycles. The third-order valence-electron chi connectivity index (χ3n) is 4.38. The molecule has 0 aromatic carbocycles. The van der Waals surface area contributed by atoms with Gasteiger partial charge in [0.05, 0.1) is 24.9 Å². The molecule has 2 fully saturated rings. The third kappa shape index (κ3) is 5.18. The van der Waals surface area contributed by atoms with Crippen molar-refractivity contribution in [3.8, 4) is 0 Å². The largest absolute Gasteiger partial charge is 0.394 e. The first kappa shape index (κ1) is 17.2. The molecule has 2 N–H and O–H groups in total. The summed E-state index contributed by atoms with van der Waals surface area (Å²) in [6.45, 7) is 12.0. The Morgan fingerprint density at radius 2 is 2.19 bits per heavy atom. The van der Waals surface area contributed by atoms with Crippen LogP contribution in [0.5, 0.6) is 0 Å². The average molecular weight is 300 g/mol. The molecule has 0 bridgehead atoms. The Hall–Kier alpha value is -0.200. The van der Waals surface area contributed by atoms with Crippen molar-refractivity contribution in [2.24, 2.45) is 5.92 Å². The van der Waals surface area contributed by atoms with Crippen LogP contribution in [-0.4, -0.2) is 73.8 Å². The lowest BCUT2D eigenvalue weighted by Crippen LogP contribution is -2.57. The molecule has 0 radical (unpaired) electrons. The molecule has 5 nitrogen and oxygen atoms in total. The quantitative estimate of drug-likeness (QED) is 0.762. The van der Waals surface area contributed by atoms with Crippen LogP contribution in [0.4, 0.5) is 0 Å². The van der Waals surface area contributed by atoms with E-state index in [0.29, 0.717) is 12.0 Å². The van der Waals surface area contributed by atoms with Crippen LogP contribution < -0.4 is 5.32 Å². The van der Waals surface area contributed by atoms with E-state index >= 15 is 0 Å². The molecule has 0 saturated carbocycles. The molecule has 2 aliphatic rings. The van der Waals surface area contributed by atoms with E-state index < -0.39 is 0 Å². The lowest BCUT2D eigenvalue weighted by Gasteiger charge is -2.45. The first-order chi connectivity index (χ1) is 10.0. The van der Waals surface area contributed by atoms with Crippen LogP contribution in [0.1, 0.15) is 33.6 Å². The lowest BCUT2D eigenvalue weighted by atomic mass is 9.93. The van der Waals surface area contributed by atoms with Crippen LogP contribution in [0.25, 0.3) is 0 Å². The van der Waals surface area contributed by atoms with Crippen molar-refractivity contribution in [2.75, 3.05) is 46.0 Å². The monoisotopic (exact) mass is 300 g/mol. The smallest absolute Gasteiger partial charge is 0.0940 e. The summed E-state index contributed by atoms with van der Waals surface area (Å²) in [5.74, 6) is 0.526. The summed E-state index contributed by atoms with van der Waals surface area (Å²) in [7, 11) is 0. The van der Waals surface area contributed by atoms with E-state index in [2.05, 4.69) is 31.0 Å². The van der Waals surface area contributed by atoms with E-state index in [-0.39, 0.29) is 18.3 Å². The molecular weight excluding hydrogens is 268 g/mol. The van der Waals surface area contributed by atoms with Crippen LogP contribution in [0.15, 0.2) is 0 Å². The van der Waals surface area contributed by atoms with Crippen LogP contribution in [0.3, 0.4) is 0 Å². The van der Waals surface area contributed by atoms with Crippen molar-refractivity contribution in [1.82, 2.24) is 10.2 Å². The van der Waals surface area contributed by atoms with E-state index in [0.717, 1.165) is 45.8 Å². The molecule has 0 aliphatic carbocycles. The van der Waals surface area contributed by atoms with Crippen molar-refractivity contribution in [1.29, 1.82) is 0 Å². The Kier molecular flexibility index (Phi) is 6.44. The molecule has 0 aromatic rings. The minimum Gasteiger partial charge on any atom is -0.394 e. The summed E-state index contributed by atoms with van der Waals surface area (Å²) in [4.78, 5) is 2.43. The number of rotatable bonds is 6. The third-order valence-corrected chi connectivity index (χ3v) is 4.38. The second-order valence-corrected chi connectivity index (χ2v) is 7.06. The summed E-state index contributed by atoms with van der Waals surface area (Å²) >= 11 is 0. The van der Waals surface area contributed by atoms with Gasteiger partial charge in [0.2, 0.25) is 0 Å². The van der Waals surface area contributed by atoms with Gasteiger partial charge in [0.1, 0.15) is 0 Å². The Balaban J connectivity index is 1.91. The van der Waals surface area contributed by atoms with Gasteiger partial charge in [0, 0.05) is 38.2 Å². The number of hydrogen-bond acceptors (Lipinski definition) is 5. The Morgan fingerprint density at radius 1 is 1.38 bits per heavy atom. The predicted molar refractivity (Wildman–Crippen MR) is 83.5 cm³/mol. The number of hydrogen-bond donors (Lipinski definition) is 2. The zero-order valence-electron chi connectivity index (χ0n) is 13.8. The Morgan fingerprint density at radius 3 is 2.90 bits per heavy atom. The summed E-state index contributed by atoms with van der Waals surface area (Å²) in [6, 6.07) is 0.553. The highest BCUT2D eigenvalue weighted by molar-refractivity contribution is 4.88. The maximum absolute atomic E-state index is 9.43. The number of nitrogens with one attached hydrogen (secondary N) is 1. The van der Waals surface area contributed by atoms with Gasteiger partial charge in [0.25, 0.3) is 0 Å². The first-order valence-electron chi connectivity index (χ1n) is 8.36. The number of aliphatic hydroxyl groups is 1. The molecule has 5 heteroatoms. The molecule has 0 spiro atoms. The number of ether oxygens (including phenoxy) is 2. The SMILES string of the molecule is CCCNC1CCOCC1CN1CC(CO)OC(C)(C)C1. The van der Waals surface area contributed by atoms with Crippen LogP contribution in [0, 0.1) is 5.92 Å². The van der Waals surface area contributed by atoms with Crippen LogP contribution >= 0.6 is 0 Å². The maximum atomic E-state index is 9.43. The molecule has 21 heavy (non-hydrogen) atoms. The zero-order valence-corrected chi connectivity index (χ0v) is 13.8. The van der Waals surface area contributed by atoms with Crippen LogP contribution in [0.2, 0.25) is 0 Å². The summed E-state index contributed by atoms with van der Waals surface area (Å²) in [5.41, 5.74) is -0.187. The molecule has 2 heterocycles. The van der Waals surface area contributed by atoms with E-state index in [4.69, 9.17) is 9.47 Å². The van der Waals surface area contributed by atoms with Crippen molar-refractivity contribution in [2.45, 2.75) is 51.4 Å². The number of morpholine rings is 1. The van der Waals surface area contributed by atoms with Gasteiger partial charge < -0.3 is 19.9 Å². The highest BCUT2D eigenvalue weighted by atomic mass is 16.5. The second-order valence-electron chi connectivity index (χ2n) is 7.06. The standard InChI is InChI=1S/C16H32N2O3/c1-4-6-17-15-5-7-20-11-13(15)8-18-9-14(10-19)21-16(2,3)12-18/h13-15,17,19H,4-12H2,1-3H3. The average Bonchev–Trinajstić information content (AvgIpc) is 2.44. The summed E-state index contributed by atoms with van der Waals surface area (Å²) < 4.78 is 11.6. The van der Waals surface area contributed by atoms with Gasteiger partial charge in [-0.25, -0.2) is 0 Å². The first-order valence-corrected chi connectivity index (χ1v) is 8.36. The highest BCUT2D eigenvalue weighted by Gasteiger charge is 2.35. The molecule has 2 rings (SSSR count). The molecular formula is C16H32N2O3. The fourth-order valence-electron chi connectivity index (χ4n) is 3.56. The van der Waals surface area contributed by atoms with Gasteiger partial charge in [0.15, 0.2) is 0 Å². The highest BCUT2D eigenvalue weighted by Crippen LogP contribution is 2.24. The zero-order chi connectivity index (χ0) is 15.3. The van der Waals surface area contributed by atoms with Crippen molar-refractivity contribution in [3.05, 3.63) is 0 Å². The molecule has 0 aromatic heterocycles. The molecule has 124 valence electrons. The van der Waals surface area contributed by atoms with Crippen LogP contribution in [-0.2, 0) is 9.47 Å². The van der Waals surface area contributed by atoms with E-state index in [9.17, 15) is 5.11 Å². The molecule has 2 aliphatic heterocycles. The predicted octanol–water partition coefficient (Wildman–Crippen LogP) is 0.863. The minimum atomic E-state index is -0.187. The molecule has 3 atom stereocenters. The van der Waals surface area contributed by atoms with Gasteiger partial charge in [-0.3, -0.25) is 4.90 Å². The van der Waals surface area contributed by atoms with Gasteiger partial charge >= 0.3 is 0 Å². The second kappa shape index (κ2) is 7.88. The fraction of sp³-hybridized carbons (Fsp3) is 1.00. The maximum Gasteiger partial charge on any atom is 0.0940 e. The minimum absolute atomic E-state index is 0.0692. The van der Waals surface area contributed by atoms with Gasteiger partial charge in [-0.15, -0.1) is 0 Å². The van der Waals surface area contributed by atoms with Gasteiger partial charge in [-0.05, 0) is 33.2 Å². The normalized spacial score (nSPS) is 34.0. The Bertz CT molecular complexity index is 312. The van der Waals surface area contributed by atoms with E-state index in [1.807, 2.05) is 0 Å². The summed E-state index contributed by atoms with van der Waals surface area (Å²) in [6.07, 6.45) is 2.20. The van der Waals surface area contributed by atoms with Gasteiger partial charge in [-0.1, -0.05) is 6.92 Å². The lowest BCUT2D eigenvalue weighted by molar-refractivity contribution is -0.153. The van der Waals surface area contributed by atoms with E-state index in [1.54, 1.807) is 0 Å². The fourth-order valence-corrected chi connectivity index (χ4v) is 3.56. The number of aliphatic hydroxyl groups excluding tert-OH is 1. The van der Waals surface area contributed by atoms with Crippen molar-refractivity contribution >= 4 is 0 Å². The molecule has 3 unspecified atom stereocenters. The summed E-state index contributed by atoms with van der Waals surface area (Å²) in [5, 5.41) is 13.1. The topological polar surface area (TPSA) is 54.0 Å². The van der Waals surface area contributed by atoms with Gasteiger partial charge in [-0.2, -0.15) is 0 Å². The number of nitrogens with zero attached hydrogens (tertiary/aromatic N) is 1. The van der Waals surface area contributed by atoms with Crippen molar-refractivity contribution in [3.63, 3.8) is 0 Å².